The van der Waals surface area contributed by atoms with Gasteiger partial charge in [0.1, 0.15) is 0 Å². The SMILES string of the molecule is CC(C)(C)[Si](O[C@@H]1CC(O)C[C@H](O[Si](c2ccccc2)(c2ccccc2)C(C)(C)C)C1)(c1ccccc1)c1ccccc1. The molecule has 0 radical (unpaired) electrons. The van der Waals surface area contributed by atoms with Crippen LogP contribution in [0.1, 0.15) is 60.8 Å². The van der Waals surface area contributed by atoms with Crippen molar-refractivity contribution in [3.63, 3.8) is 0 Å². The van der Waals surface area contributed by atoms with Crippen LogP contribution in [0.4, 0.5) is 0 Å². The molecule has 0 aromatic heterocycles. The normalized spacial score (nSPS) is 20.1. The van der Waals surface area contributed by atoms with E-state index in [1.54, 1.807) is 0 Å². The predicted molar refractivity (Wildman–Crippen MR) is 185 cm³/mol. The standard InChI is InChI=1S/C38H48O3Si2/c1-37(2,3)42(33-19-11-7-12-20-33,34-21-13-8-14-22-34)40-31-27-30(39)28-32(29-31)41-43(38(4,5)6,35-23-15-9-16-24-35)36-25-17-10-18-26-36/h7-26,30-32,39H,27-29H2,1-6H3/t30?,31-,32+. The van der Waals surface area contributed by atoms with Crippen molar-refractivity contribution in [2.24, 2.45) is 0 Å². The fourth-order valence-electron chi connectivity index (χ4n) is 7.26. The van der Waals surface area contributed by atoms with E-state index in [9.17, 15) is 5.11 Å². The monoisotopic (exact) mass is 608 g/mol. The second kappa shape index (κ2) is 12.7. The highest BCUT2D eigenvalue weighted by atomic mass is 28.4. The quantitative estimate of drug-likeness (QED) is 0.235. The Kier molecular flexibility index (Phi) is 9.31. The largest absolute Gasteiger partial charge is 0.404 e. The Morgan fingerprint density at radius 1 is 0.465 bits per heavy atom. The van der Waals surface area contributed by atoms with Crippen molar-refractivity contribution in [2.75, 3.05) is 0 Å². The van der Waals surface area contributed by atoms with Crippen molar-refractivity contribution < 1.29 is 14.0 Å². The van der Waals surface area contributed by atoms with Gasteiger partial charge in [-0.2, -0.15) is 0 Å². The lowest BCUT2D eigenvalue weighted by Crippen LogP contribution is -2.69. The highest BCUT2D eigenvalue weighted by Gasteiger charge is 2.54. The zero-order valence-corrected chi connectivity index (χ0v) is 28.7. The van der Waals surface area contributed by atoms with Crippen LogP contribution in [0.2, 0.25) is 10.1 Å². The van der Waals surface area contributed by atoms with E-state index in [0.29, 0.717) is 12.8 Å². The molecule has 0 spiro atoms. The number of rotatable bonds is 8. The zero-order chi connectivity index (χ0) is 30.7. The first kappa shape index (κ1) is 31.6. The molecule has 0 saturated heterocycles. The van der Waals surface area contributed by atoms with Crippen molar-refractivity contribution >= 4 is 37.4 Å². The molecule has 0 heterocycles. The van der Waals surface area contributed by atoms with Crippen molar-refractivity contribution in [1.29, 1.82) is 0 Å². The molecule has 0 amide bonds. The smallest absolute Gasteiger partial charge is 0.261 e. The molecular weight excluding hydrogens is 561 g/mol. The lowest BCUT2D eigenvalue weighted by molar-refractivity contribution is -0.0126. The summed E-state index contributed by atoms with van der Waals surface area (Å²) in [7, 11) is -5.55. The molecule has 1 N–H and O–H groups in total. The van der Waals surface area contributed by atoms with Gasteiger partial charge in [-0.05, 0) is 50.1 Å². The average molecular weight is 609 g/mol. The molecule has 1 fully saturated rings. The Labute approximate surface area is 261 Å². The molecule has 4 aromatic rings. The van der Waals surface area contributed by atoms with Crippen LogP contribution in [-0.4, -0.2) is 40.1 Å². The number of hydrogen-bond donors (Lipinski definition) is 1. The minimum atomic E-state index is -2.77. The van der Waals surface area contributed by atoms with Gasteiger partial charge in [-0.3, -0.25) is 0 Å². The van der Waals surface area contributed by atoms with Crippen molar-refractivity contribution in [3.05, 3.63) is 121 Å². The van der Waals surface area contributed by atoms with Gasteiger partial charge in [-0.15, -0.1) is 0 Å². The van der Waals surface area contributed by atoms with Gasteiger partial charge in [0.2, 0.25) is 0 Å². The summed E-state index contributed by atoms with van der Waals surface area (Å²) in [5.74, 6) is 0. The molecule has 1 saturated carbocycles. The third-order valence-corrected chi connectivity index (χ3v) is 19.3. The van der Waals surface area contributed by atoms with Crippen molar-refractivity contribution in [2.45, 2.75) is 89.2 Å². The predicted octanol–water partition coefficient (Wildman–Crippen LogP) is 6.42. The maximum absolute atomic E-state index is 11.4. The van der Waals surface area contributed by atoms with Crippen molar-refractivity contribution in [3.8, 4) is 0 Å². The molecule has 226 valence electrons. The lowest BCUT2D eigenvalue weighted by atomic mass is 9.93. The van der Waals surface area contributed by atoms with Gasteiger partial charge >= 0.3 is 0 Å². The first-order valence-corrected chi connectivity index (χ1v) is 19.5. The summed E-state index contributed by atoms with van der Waals surface area (Å²) in [6.07, 6.45) is 1.25. The fourth-order valence-corrected chi connectivity index (χ4v) is 16.7. The van der Waals surface area contributed by atoms with Crippen LogP contribution in [0.15, 0.2) is 121 Å². The second-order valence-corrected chi connectivity index (χ2v) is 22.7. The molecule has 0 bridgehead atoms. The topological polar surface area (TPSA) is 38.7 Å². The van der Waals surface area contributed by atoms with Crippen molar-refractivity contribution in [1.82, 2.24) is 0 Å². The summed E-state index contributed by atoms with van der Waals surface area (Å²) in [5.41, 5.74) is 0. The Balaban J connectivity index is 1.57. The Bertz CT molecular complexity index is 1240. The van der Waals surface area contributed by atoms with E-state index < -0.39 is 22.7 Å². The first-order chi connectivity index (χ1) is 20.5. The Morgan fingerprint density at radius 2 is 0.721 bits per heavy atom. The molecule has 0 aliphatic heterocycles. The Hall–Kier alpha value is -2.81. The van der Waals surface area contributed by atoms with E-state index in [2.05, 4.69) is 163 Å². The van der Waals surface area contributed by atoms with Gasteiger partial charge in [0, 0.05) is 0 Å². The van der Waals surface area contributed by atoms with Gasteiger partial charge in [0.05, 0.1) is 18.3 Å². The van der Waals surface area contributed by atoms with E-state index in [0.717, 1.165) is 6.42 Å². The fraction of sp³-hybridized carbons (Fsp3) is 0.368. The molecular formula is C38H48O3Si2. The second-order valence-electron chi connectivity index (χ2n) is 14.2. The van der Waals surface area contributed by atoms with Crippen LogP contribution in [0, 0.1) is 0 Å². The summed E-state index contributed by atoms with van der Waals surface area (Å²) in [6.45, 7) is 13.9. The molecule has 1 aliphatic carbocycles. The van der Waals surface area contributed by atoms with Gasteiger partial charge in [0.15, 0.2) is 0 Å². The minimum absolute atomic E-state index is 0.127. The highest BCUT2D eigenvalue weighted by Crippen LogP contribution is 2.42. The third kappa shape index (κ3) is 6.24. The van der Waals surface area contributed by atoms with Crippen LogP contribution < -0.4 is 20.7 Å². The summed E-state index contributed by atoms with van der Waals surface area (Å²) < 4.78 is 15.1. The van der Waals surface area contributed by atoms with Crippen LogP contribution >= 0.6 is 0 Å². The Morgan fingerprint density at radius 3 is 0.953 bits per heavy atom. The van der Waals surface area contributed by atoms with Gasteiger partial charge in [-0.1, -0.05) is 163 Å². The highest BCUT2D eigenvalue weighted by molar-refractivity contribution is 7.00. The number of aliphatic hydroxyl groups excluding tert-OH is 1. The van der Waals surface area contributed by atoms with Crippen LogP contribution in [-0.2, 0) is 8.85 Å². The van der Waals surface area contributed by atoms with E-state index in [4.69, 9.17) is 8.85 Å². The van der Waals surface area contributed by atoms with Gasteiger partial charge < -0.3 is 14.0 Å². The summed E-state index contributed by atoms with van der Waals surface area (Å²) in [4.78, 5) is 0. The summed E-state index contributed by atoms with van der Waals surface area (Å²) >= 11 is 0. The van der Waals surface area contributed by atoms with E-state index in [-0.39, 0.29) is 22.3 Å². The van der Waals surface area contributed by atoms with E-state index in [1.165, 1.54) is 20.7 Å². The molecule has 43 heavy (non-hydrogen) atoms. The van der Waals surface area contributed by atoms with Crippen LogP contribution in [0.25, 0.3) is 0 Å². The molecule has 4 aromatic carbocycles. The molecule has 3 atom stereocenters. The third-order valence-electron chi connectivity index (χ3n) is 9.12. The molecule has 5 rings (SSSR count). The van der Waals surface area contributed by atoms with E-state index >= 15 is 0 Å². The average Bonchev–Trinajstić information content (AvgIpc) is 2.99. The van der Waals surface area contributed by atoms with Gasteiger partial charge in [-0.25, -0.2) is 0 Å². The zero-order valence-electron chi connectivity index (χ0n) is 26.7. The van der Waals surface area contributed by atoms with Gasteiger partial charge in [0.25, 0.3) is 16.6 Å². The molecule has 1 aliphatic rings. The molecule has 5 heteroatoms. The molecule has 3 nitrogen and oxygen atoms in total. The van der Waals surface area contributed by atoms with Crippen LogP contribution in [0.5, 0.6) is 0 Å². The summed E-state index contributed by atoms with van der Waals surface area (Å²) in [6, 6.07) is 43.2. The minimum Gasteiger partial charge on any atom is -0.404 e. The maximum Gasteiger partial charge on any atom is 0.261 e. The lowest BCUT2D eigenvalue weighted by Gasteiger charge is -2.49. The number of aliphatic hydroxyl groups is 1. The first-order valence-electron chi connectivity index (χ1n) is 15.7. The maximum atomic E-state index is 11.4. The van der Waals surface area contributed by atoms with E-state index in [1.807, 2.05) is 0 Å². The number of hydrogen-bond acceptors (Lipinski definition) is 3. The summed E-state index contributed by atoms with van der Waals surface area (Å²) in [5, 5.41) is 16.2. The number of benzene rings is 4. The van der Waals surface area contributed by atoms with Crippen LogP contribution in [0.3, 0.4) is 0 Å². The molecule has 1 unspecified atom stereocenters.